The summed E-state index contributed by atoms with van der Waals surface area (Å²) in [5.41, 5.74) is -1.90. The van der Waals surface area contributed by atoms with Gasteiger partial charge in [0.1, 0.15) is 17.7 Å². The van der Waals surface area contributed by atoms with Gasteiger partial charge >= 0.3 is 11.9 Å². The molecule has 0 saturated heterocycles. The van der Waals surface area contributed by atoms with Crippen molar-refractivity contribution in [3.05, 3.63) is 11.6 Å². The number of carboxylic acids is 1. The second kappa shape index (κ2) is 15.0. The second-order valence-corrected chi connectivity index (χ2v) is 16.0. The third-order valence-electron chi connectivity index (χ3n) is 11.9. The van der Waals surface area contributed by atoms with Crippen molar-refractivity contribution in [2.24, 2.45) is 34.5 Å². The van der Waals surface area contributed by atoms with E-state index in [-0.39, 0.29) is 67.0 Å². The van der Waals surface area contributed by atoms with Crippen molar-refractivity contribution in [1.29, 1.82) is 0 Å². The maximum atomic E-state index is 13.5. The minimum atomic E-state index is -1.79. The molecule has 12 nitrogen and oxygen atoms in total. The van der Waals surface area contributed by atoms with E-state index in [1.807, 2.05) is 13.2 Å². The van der Waals surface area contributed by atoms with E-state index in [2.05, 4.69) is 17.6 Å². The Labute approximate surface area is 286 Å². The highest BCUT2D eigenvalue weighted by Gasteiger charge is 2.68. The number of amides is 2. The summed E-state index contributed by atoms with van der Waals surface area (Å²) in [5, 5.41) is 37.9. The predicted octanol–water partition coefficient (Wildman–Crippen LogP) is 2.58. The van der Waals surface area contributed by atoms with Gasteiger partial charge in [-0.3, -0.25) is 24.0 Å². The van der Waals surface area contributed by atoms with Crippen LogP contribution in [-0.2, 0) is 33.5 Å². The van der Waals surface area contributed by atoms with Gasteiger partial charge in [0, 0.05) is 18.3 Å². The summed E-state index contributed by atoms with van der Waals surface area (Å²) in [6.07, 6.45) is 6.04. The average molecular weight is 693 g/mol. The monoisotopic (exact) mass is 692 g/mol. The Morgan fingerprint density at radius 1 is 1.06 bits per heavy atom. The lowest BCUT2D eigenvalue weighted by Crippen LogP contribution is -2.62. The number of hydrogen-bond donors (Lipinski definition) is 5. The standard InChI is InChI=1S/C35H52N2O10S/c1-19(2)30(31(43)36-24(32(44)45)12-15-48-5)37-27(41)8-9-28(42)47-18-26(40)35(46)14-11-23-22-7-6-20-16-21(38)10-13-33(20,3)29(22)25(39)17-34(23,35)4/h16,19,22-25,29-30,39,46H,6-15,17-18H2,1-5H3,(H,36,43)(H,37,41)(H,44,45)/t22-,23-,24-,25-,29+,30+,33-,34-,35-/m0/s1. The number of aliphatic hydroxyl groups excluding tert-OH is 1. The zero-order valence-corrected chi connectivity index (χ0v) is 29.5. The van der Waals surface area contributed by atoms with E-state index < -0.39 is 65.3 Å². The SMILES string of the molecule is CSCC[C@H](NC(=O)[C@H](NC(=O)CCC(=O)OCC(=O)[C@@]1(O)CC[C@H]2[C@@H]3CCC4=CC(=O)CC[C@]4(C)[C@H]3[C@@H](O)C[C@@]21C)C(C)C)C(=O)O. The number of esters is 1. The number of ketones is 2. The lowest BCUT2D eigenvalue weighted by atomic mass is 9.45. The maximum Gasteiger partial charge on any atom is 0.326 e. The van der Waals surface area contributed by atoms with Crippen LogP contribution in [0, 0.1) is 34.5 Å². The number of carbonyl (C=O) groups excluding carboxylic acids is 5. The minimum Gasteiger partial charge on any atom is -0.480 e. The molecule has 3 fully saturated rings. The van der Waals surface area contributed by atoms with Crippen molar-refractivity contribution in [3.8, 4) is 0 Å². The lowest BCUT2D eigenvalue weighted by Gasteiger charge is -2.60. The molecule has 4 rings (SSSR count). The van der Waals surface area contributed by atoms with Crippen molar-refractivity contribution in [3.63, 3.8) is 0 Å². The summed E-state index contributed by atoms with van der Waals surface area (Å²) < 4.78 is 5.23. The molecule has 9 atom stereocenters. The first kappa shape index (κ1) is 38.0. The topological polar surface area (TPSA) is 196 Å². The number of thioether (sulfide) groups is 1. The van der Waals surface area contributed by atoms with Gasteiger partial charge in [-0.1, -0.05) is 33.3 Å². The Balaban J connectivity index is 1.31. The number of hydrogen-bond acceptors (Lipinski definition) is 10. The second-order valence-electron chi connectivity index (χ2n) is 15.0. The van der Waals surface area contributed by atoms with Crippen molar-refractivity contribution >= 4 is 47.1 Å². The van der Waals surface area contributed by atoms with Crippen molar-refractivity contribution in [1.82, 2.24) is 10.6 Å². The fourth-order valence-electron chi connectivity index (χ4n) is 9.24. The Hall–Kier alpha value is -2.77. The highest BCUT2D eigenvalue weighted by molar-refractivity contribution is 7.98. The summed E-state index contributed by atoms with van der Waals surface area (Å²) in [5.74, 6) is -3.56. The lowest BCUT2D eigenvalue weighted by molar-refractivity contribution is -0.184. The molecule has 268 valence electrons. The molecule has 2 amide bonds. The molecule has 5 N–H and O–H groups in total. The quantitative estimate of drug-likeness (QED) is 0.168. The smallest absolute Gasteiger partial charge is 0.326 e. The number of allylic oxidation sites excluding steroid dienone is 1. The third-order valence-corrected chi connectivity index (χ3v) is 12.6. The highest BCUT2D eigenvalue weighted by Crippen LogP contribution is 2.67. The number of ether oxygens (including phenoxy) is 1. The van der Waals surface area contributed by atoms with Crippen LogP contribution < -0.4 is 10.6 Å². The first-order valence-corrected chi connectivity index (χ1v) is 18.5. The van der Waals surface area contributed by atoms with E-state index in [4.69, 9.17) is 4.74 Å². The van der Waals surface area contributed by atoms with Crippen molar-refractivity contribution in [2.75, 3.05) is 18.6 Å². The molecule has 0 aromatic carbocycles. The Morgan fingerprint density at radius 3 is 2.42 bits per heavy atom. The van der Waals surface area contributed by atoms with E-state index in [9.17, 15) is 44.1 Å². The third kappa shape index (κ3) is 7.38. The van der Waals surface area contributed by atoms with Gasteiger partial charge in [-0.2, -0.15) is 11.8 Å². The molecule has 0 aromatic heterocycles. The normalized spacial score (nSPS) is 33.8. The zero-order valence-electron chi connectivity index (χ0n) is 28.7. The first-order chi connectivity index (χ1) is 22.5. The van der Waals surface area contributed by atoms with Crippen molar-refractivity contribution in [2.45, 2.75) is 116 Å². The summed E-state index contributed by atoms with van der Waals surface area (Å²) in [6, 6.07) is -2.11. The van der Waals surface area contributed by atoms with E-state index in [1.165, 1.54) is 11.8 Å². The molecular formula is C35H52N2O10S. The Morgan fingerprint density at radius 2 is 1.77 bits per heavy atom. The fraction of sp³-hybridized carbons (Fsp3) is 0.771. The van der Waals surface area contributed by atoms with Gasteiger partial charge in [-0.05, 0) is 92.1 Å². The number of carboxylic acid groups (broad SMARTS) is 1. The van der Waals surface area contributed by atoms with Crippen LogP contribution in [0.5, 0.6) is 0 Å². The van der Waals surface area contributed by atoms with Gasteiger partial charge in [0.05, 0.1) is 12.5 Å². The zero-order chi connectivity index (χ0) is 35.6. The Bertz CT molecular complexity index is 1330. The van der Waals surface area contributed by atoms with E-state index in [1.54, 1.807) is 19.9 Å². The molecule has 3 saturated carbocycles. The molecule has 0 aliphatic heterocycles. The molecule has 0 aromatic rings. The molecule has 48 heavy (non-hydrogen) atoms. The average Bonchev–Trinajstić information content (AvgIpc) is 3.29. The van der Waals surface area contributed by atoms with Crippen LogP contribution >= 0.6 is 11.8 Å². The summed E-state index contributed by atoms with van der Waals surface area (Å²) >= 11 is 1.45. The number of aliphatic hydroxyl groups is 2. The number of nitrogens with one attached hydrogen (secondary N) is 2. The van der Waals surface area contributed by atoms with Crippen LogP contribution in [0.2, 0.25) is 0 Å². The number of rotatable bonds is 14. The van der Waals surface area contributed by atoms with Crippen LogP contribution in [-0.4, -0.2) is 93.0 Å². The van der Waals surface area contributed by atoms with Gasteiger partial charge in [-0.15, -0.1) is 0 Å². The van der Waals surface area contributed by atoms with Gasteiger partial charge in [0.2, 0.25) is 17.6 Å². The number of fused-ring (bicyclic) bond motifs is 5. The molecule has 0 spiro atoms. The number of carbonyl (C=O) groups is 6. The molecule has 0 heterocycles. The van der Waals surface area contributed by atoms with Crippen LogP contribution in [0.1, 0.15) is 91.9 Å². The van der Waals surface area contributed by atoms with E-state index in [0.717, 1.165) is 18.4 Å². The molecule has 4 aliphatic carbocycles. The van der Waals surface area contributed by atoms with Crippen LogP contribution in [0.15, 0.2) is 11.6 Å². The van der Waals surface area contributed by atoms with Gasteiger partial charge < -0.3 is 30.7 Å². The molecule has 4 aliphatic rings. The molecule has 0 bridgehead atoms. The number of aliphatic carboxylic acids is 1. The summed E-state index contributed by atoms with van der Waals surface area (Å²) in [4.78, 5) is 75.3. The Kier molecular flexibility index (Phi) is 11.9. The van der Waals surface area contributed by atoms with Gasteiger partial charge in [0.15, 0.2) is 12.4 Å². The van der Waals surface area contributed by atoms with Gasteiger partial charge in [0.25, 0.3) is 0 Å². The minimum absolute atomic E-state index is 0.0161. The van der Waals surface area contributed by atoms with Crippen LogP contribution in [0.3, 0.4) is 0 Å². The molecule has 0 unspecified atom stereocenters. The molecule has 0 radical (unpaired) electrons. The first-order valence-electron chi connectivity index (χ1n) is 17.1. The largest absolute Gasteiger partial charge is 0.480 e. The summed E-state index contributed by atoms with van der Waals surface area (Å²) in [6.45, 7) is 6.73. The molecule has 13 heteroatoms. The van der Waals surface area contributed by atoms with Crippen LogP contribution in [0.4, 0.5) is 0 Å². The number of Topliss-reactive ketones (excluding diaryl/α,β-unsaturated/α-hetero) is 1. The van der Waals surface area contributed by atoms with E-state index in [0.29, 0.717) is 25.0 Å². The van der Waals surface area contributed by atoms with Gasteiger partial charge in [-0.25, -0.2) is 4.79 Å². The highest BCUT2D eigenvalue weighted by atomic mass is 32.2. The predicted molar refractivity (Wildman–Crippen MR) is 178 cm³/mol. The van der Waals surface area contributed by atoms with Crippen LogP contribution in [0.25, 0.3) is 0 Å². The molecular weight excluding hydrogens is 640 g/mol. The summed E-state index contributed by atoms with van der Waals surface area (Å²) in [7, 11) is 0. The van der Waals surface area contributed by atoms with Crippen molar-refractivity contribution < 1.29 is 48.8 Å². The van der Waals surface area contributed by atoms with E-state index >= 15 is 0 Å². The maximum absolute atomic E-state index is 13.5. The fourth-order valence-corrected chi connectivity index (χ4v) is 9.71.